The van der Waals surface area contributed by atoms with Crippen molar-refractivity contribution in [2.45, 2.75) is 31.6 Å². The Morgan fingerprint density at radius 2 is 1.88 bits per heavy atom. The molecular formula is C22H25BN6O3. The third kappa shape index (κ3) is 5.73. The van der Waals surface area contributed by atoms with Gasteiger partial charge in [-0.1, -0.05) is 18.2 Å². The zero-order valence-corrected chi connectivity index (χ0v) is 17.7. The van der Waals surface area contributed by atoms with Crippen LogP contribution in [-0.4, -0.2) is 52.2 Å². The van der Waals surface area contributed by atoms with Gasteiger partial charge in [0, 0.05) is 29.1 Å². The number of piperidine rings is 1. The first-order valence-corrected chi connectivity index (χ1v) is 10.4. The first-order valence-electron chi connectivity index (χ1n) is 10.4. The maximum atomic E-state index is 9.59. The summed E-state index contributed by atoms with van der Waals surface area (Å²) in [5.41, 5.74) is -0.887. The molecule has 164 valence electrons. The molecule has 1 aliphatic heterocycles. The summed E-state index contributed by atoms with van der Waals surface area (Å²) >= 11 is 0. The van der Waals surface area contributed by atoms with Gasteiger partial charge in [0.1, 0.15) is 23.4 Å². The molecule has 2 radical (unpaired) electrons. The first kappa shape index (κ1) is 22.0. The Hall–Kier alpha value is -3.21. The van der Waals surface area contributed by atoms with Gasteiger partial charge in [0.25, 0.3) is 0 Å². The highest BCUT2D eigenvalue weighted by molar-refractivity contribution is 6.13. The van der Waals surface area contributed by atoms with Crippen molar-refractivity contribution in [1.29, 1.82) is 0 Å². The molecule has 0 atom stereocenters. The van der Waals surface area contributed by atoms with Crippen molar-refractivity contribution in [3.63, 3.8) is 0 Å². The normalized spacial score (nSPS) is 14.7. The van der Waals surface area contributed by atoms with Crippen molar-refractivity contribution < 1.29 is 14.9 Å². The van der Waals surface area contributed by atoms with Crippen LogP contribution < -0.4 is 20.7 Å². The number of hydrogen-bond donors (Lipinski definition) is 5. The second-order valence-corrected chi connectivity index (χ2v) is 7.71. The van der Waals surface area contributed by atoms with Gasteiger partial charge in [-0.2, -0.15) is 9.97 Å². The van der Waals surface area contributed by atoms with Gasteiger partial charge in [0.05, 0.1) is 0 Å². The van der Waals surface area contributed by atoms with Crippen molar-refractivity contribution in [2.24, 2.45) is 0 Å². The quantitative estimate of drug-likeness (QED) is 0.282. The fraction of sp³-hybridized carbons (Fsp3) is 0.318. The maximum Gasteiger partial charge on any atom is 0.229 e. The summed E-state index contributed by atoms with van der Waals surface area (Å²) in [6, 6.07) is 12.0. The molecule has 2 aromatic heterocycles. The largest absolute Gasteiger partial charge is 0.474 e. The first-order chi connectivity index (χ1) is 15.4. The van der Waals surface area contributed by atoms with Gasteiger partial charge in [0.2, 0.25) is 11.8 Å². The van der Waals surface area contributed by atoms with E-state index in [0.29, 0.717) is 29.2 Å². The molecule has 0 unspecified atom stereocenters. The number of aliphatic hydroxyl groups is 2. The summed E-state index contributed by atoms with van der Waals surface area (Å²) in [7, 11) is 5.34. The van der Waals surface area contributed by atoms with Gasteiger partial charge >= 0.3 is 0 Å². The molecule has 0 spiro atoms. The molecule has 1 aliphatic rings. The van der Waals surface area contributed by atoms with Crippen molar-refractivity contribution in [3.8, 4) is 5.88 Å². The lowest BCUT2D eigenvalue weighted by Gasteiger charge is -2.23. The topological polar surface area (TPSA) is 124 Å². The molecule has 3 aromatic rings. The van der Waals surface area contributed by atoms with E-state index in [0.717, 1.165) is 31.5 Å². The number of aryl methyl sites for hydroxylation is 1. The minimum atomic E-state index is -2.43. The minimum absolute atomic E-state index is 0.141. The summed E-state index contributed by atoms with van der Waals surface area (Å²) in [6.07, 6.45) is 3.76. The molecule has 4 rings (SSSR count). The third-order valence-electron chi connectivity index (χ3n) is 5.06. The summed E-state index contributed by atoms with van der Waals surface area (Å²) in [4.78, 5) is 13.4. The molecule has 3 heterocycles. The van der Waals surface area contributed by atoms with Crippen LogP contribution in [0.4, 0.5) is 23.3 Å². The van der Waals surface area contributed by atoms with Crippen molar-refractivity contribution in [2.75, 3.05) is 23.7 Å². The maximum absolute atomic E-state index is 9.59. The van der Waals surface area contributed by atoms with E-state index in [9.17, 15) is 10.2 Å². The molecule has 32 heavy (non-hydrogen) atoms. The zero-order valence-electron chi connectivity index (χ0n) is 17.7. The third-order valence-corrected chi connectivity index (χ3v) is 5.06. The van der Waals surface area contributed by atoms with Gasteiger partial charge in [-0.05, 0) is 51.1 Å². The Bertz CT molecular complexity index is 1070. The molecule has 9 nitrogen and oxygen atoms in total. The molecule has 5 N–H and O–H groups in total. The molecule has 10 heteroatoms. The van der Waals surface area contributed by atoms with Crippen molar-refractivity contribution >= 4 is 31.1 Å². The Morgan fingerprint density at radius 1 is 1.09 bits per heavy atom. The van der Waals surface area contributed by atoms with Crippen molar-refractivity contribution in [3.05, 3.63) is 59.8 Å². The number of nitrogens with one attached hydrogen (secondary N) is 3. The number of benzene rings is 1. The second kappa shape index (κ2) is 9.52. The number of aromatic nitrogens is 3. The lowest BCUT2D eigenvalue weighted by atomic mass is 9.87. The predicted octanol–water partition coefficient (Wildman–Crippen LogP) is 2.06. The Kier molecular flexibility index (Phi) is 6.54. The summed E-state index contributed by atoms with van der Waals surface area (Å²) in [6.45, 7) is 3.79. The number of anilines is 4. The molecule has 0 saturated carbocycles. The van der Waals surface area contributed by atoms with Gasteiger partial charge in [0.15, 0.2) is 7.85 Å². The Balaban J connectivity index is 1.48. The van der Waals surface area contributed by atoms with Crippen molar-refractivity contribution in [1.82, 2.24) is 20.3 Å². The summed E-state index contributed by atoms with van der Waals surface area (Å²) in [5.74, 6) is 2.10. The van der Waals surface area contributed by atoms with Crippen LogP contribution in [0.3, 0.4) is 0 Å². The highest BCUT2D eigenvalue weighted by Crippen LogP contribution is 2.24. The summed E-state index contributed by atoms with van der Waals surface area (Å²) < 4.78 is 6.02. The lowest BCUT2D eigenvalue weighted by molar-refractivity contribution is -0.0909. The van der Waals surface area contributed by atoms with Crippen LogP contribution >= 0.6 is 0 Å². The van der Waals surface area contributed by atoms with Gasteiger partial charge in [-0.25, -0.2) is 4.98 Å². The highest BCUT2D eigenvalue weighted by atomic mass is 16.5. The Labute approximate surface area is 187 Å². The fourth-order valence-corrected chi connectivity index (χ4v) is 3.34. The van der Waals surface area contributed by atoms with E-state index in [1.165, 1.54) is 12.1 Å². The monoisotopic (exact) mass is 432 g/mol. The van der Waals surface area contributed by atoms with E-state index in [1.807, 2.05) is 25.1 Å². The SMILES string of the molecule is [B]C(O)(O)c1cccc(Nc2ncc(C)c(Nc3cccc(OC4CCNCC4)n3)n2)c1. The molecule has 0 aliphatic carbocycles. The standard InChI is InChI=1S/C22H25BN6O3/c1-14-13-25-21(26-16-5-2-4-15(12-16)22(23,30)31)29-20(14)28-18-6-3-7-19(27-18)32-17-8-10-24-11-9-17/h2-7,12-13,17,24,30-31H,8-11H2,1H3,(H2,25,26,27,28,29). The van der Waals surface area contributed by atoms with Crippen LogP contribution in [0.15, 0.2) is 48.7 Å². The zero-order chi connectivity index (χ0) is 22.6. The average molecular weight is 432 g/mol. The Morgan fingerprint density at radius 3 is 2.66 bits per heavy atom. The average Bonchev–Trinajstić information content (AvgIpc) is 2.77. The van der Waals surface area contributed by atoms with Crippen LogP contribution in [0.25, 0.3) is 0 Å². The van der Waals surface area contributed by atoms with E-state index in [1.54, 1.807) is 18.3 Å². The second-order valence-electron chi connectivity index (χ2n) is 7.71. The minimum Gasteiger partial charge on any atom is -0.474 e. The van der Waals surface area contributed by atoms with Gasteiger partial charge in [-0.3, -0.25) is 0 Å². The van der Waals surface area contributed by atoms with Gasteiger partial charge < -0.3 is 30.9 Å². The van der Waals surface area contributed by atoms with Gasteiger partial charge in [-0.15, -0.1) is 0 Å². The highest BCUT2D eigenvalue weighted by Gasteiger charge is 2.18. The fourth-order valence-electron chi connectivity index (χ4n) is 3.34. The van der Waals surface area contributed by atoms with Crippen LogP contribution in [0.5, 0.6) is 5.88 Å². The van der Waals surface area contributed by atoms with Crippen LogP contribution in [0.1, 0.15) is 24.0 Å². The smallest absolute Gasteiger partial charge is 0.229 e. The van der Waals surface area contributed by atoms with Crippen LogP contribution in [0.2, 0.25) is 0 Å². The molecule has 0 amide bonds. The molecular weight excluding hydrogens is 407 g/mol. The van der Waals surface area contributed by atoms with E-state index in [4.69, 9.17) is 12.6 Å². The van der Waals surface area contributed by atoms with E-state index in [-0.39, 0.29) is 11.7 Å². The molecule has 1 aromatic carbocycles. The van der Waals surface area contributed by atoms with E-state index >= 15 is 0 Å². The predicted molar refractivity (Wildman–Crippen MR) is 122 cm³/mol. The number of hydrogen-bond acceptors (Lipinski definition) is 9. The van der Waals surface area contributed by atoms with E-state index in [2.05, 4.69) is 30.9 Å². The molecule has 0 bridgehead atoms. The number of pyridine rings is 1. The molecule has 1 fully saturated rings. The number of ether oxygens (including phenoxy) is 1. The number of rotatable bonds is 7. The van der Waals surface area contributed by atoms with Crippen LogP contribution in [0, 0.1) is 6.92 Å². The van der Waals surface area contributed by atoms with E-state index < -0.39 is 5.69 Å². The summed E-state index contributed by atoms with van der Waals surface area (Å²) in [5, 5.41) is 28.8. The lowest BCUT2D eigenvalue weighted by Crippen LogP contribution is -2.34. The van der Waals surface area contributed by atoms with Crippen LogP contribution in [-0.2, 0) is 5.69 Å². The molecule has 1 saturated heterocycles. The number of nitrogens with zero attached hydrogens (tertiary/aromatic N) is 3.